The lowest BCUT2D eigenvalue weighted by atomic mass is 9.83. The molecule has 2 aliphatic carbocycles. The average molecular weight is 324 g/mol. The fourth-order valence-corrected chi connectivity index (χ4v) is 3.79. The molecule has 4 unspecified atom stereocenters. The third-order valence-corrected chi connectivity index (χ3v) is 5.07. The monoisotopic (exact) mass is 324 g/mol. The first-order chi connectivity index (χ1) is 9.98. The Morgan fingerprint density at radius 2 is 1.55 bits per heavy atom. The molecule has 0 N–H and O–H groups in total. The first-order valence-corrected chi connectivity index (χ1v) is 11.8. The van der Waals surface area contributed by atoms with Gasteiger partial charge in [-0.3, -0.25) is 9.59 Å². The molecule has 0 aromatic heterocycles. The standard InChI is InChI=1S/C17H28O4Si/c1-17(2,3)21-16(19)14-12-8-7-11(9-12)13(14)15(18)20-10-22(4,5)6/h7-8,11-14H,9-10H2,1-6H3. The summed E-state index contributed by atoms with van der Waals surface area (Å²) < 4.78 is 11.1. The lowest BCUT2D eigenvalue weighted by Gasteiger charge is -2.29. The summed E-state index contributed by atoms with van der Waals surface area (Å²) in [6.45, 7) is 12.0. The third kappa shape index (κ3) is 4.00. The van der Waals surface area contributed by atoms with Crippen LogP contribution in [0, 0.1) is 23.7 Å². The fourth-order valence-electron chi connectivity index (χ4n) is 3.22. The molecule has 4 atom stereocenters. The van der Waals surface area contributed by atoms with Crippen LogP contribution in [-0.4, -0.2) is 31.8 Å². The van der Waals surface area contributed by atoms with Crippen LogP contribution in [0.25, 0.3) is 0 Å². The quantitative estimate of drug-likeness (QED) is 0.453. The predicted molar refractivity (Wildman–Crippen MR) is 87.9 cm³/mol. The molecule has 1 saturated carbocycles. The van der Waals surface area contributed by atoms with Crippen molar-refractivity contribution in [3.05, 3.63) is 12.2 Å². The summed E-state index contributed by atoms with van der Waals surface area (Å²) in [6.07, 6.45) is 5.48. The van der Waals surface area contributed by atoms with Crippen molar-refractivity contribution >= 4 is 20.0 Å². The van der Waals surface area contributed by atoms with E-state index in [2.05, 4.69) is 31.8 Å². The Morgan fingerprint density at radius 3 is 2.00 bits per heavy atom. The normalized spacial score (nSPS) is 30.5. The van der Waals surface area contributed by atoms with Crippen molar-refractivity contribution in [1.82, 2.24) is 0 Å². The average Bonchev–Trinajstić information content (AvgIpc) is 2.92. The second-order valence-electron chi connectivity index (χ2n) is 8.70. The minimum atomic E-state index is -1.46. The van der Waals surface area contributed by atoms with Gasteiger partial charge >= 0.3 is 11.9 Å². The molecule has 124 valence electrons. The molecule has 0 aliphatic heterocycles. The minimum Gasteiger partial charge on any atom is -0.469 e. The lowest BCUT2D eigenvalue weighted by molar-refractivity contribution is -0.168. The van der Waals surface area contributed by atoms with Crippen LogP contribution >= 0.6 is 0 Å². The summed E-state index contributed by atoms with van der Waals surface area (Å²) in [7, 11) is -1.46. The third-order valence-electron chi connectivity index (χ3n) is 4.06. The van der Waals surface area contributed by atoms with Gasteiger partial charge in [-0.1, -0.05) is 31.8 Å². The number of allylic oxidation sites excluding steroid dienone is 2. The largest absolute Gasteiger partial charge is 0.469 e. The Labute approximate surface area is 134 Å². The van der Waals surface area contributed by atoms with E-state index >= 15 is 0 Å². The Bertz CT molecular complexity index is 484. The van der Waals surface area contributed by atoms with Crippen LogP contribution in [0.2, 0.25) is 19.6 Å². The van der Waals surface area contributed by atoms with Gasteiger partial charge in [-0.2, -0.15) is 0 Å². The number of esters is 2. The van der Waals surface area contributed by atoms with Crippen LogP contribution in [0.4, 0.5) is 0 Å². The van der Waals surface area contributed by atoms with Gasteiger partial charge in [0.25, 0.3) is 0 Å². The van der Waals surface area contributed by atoms with Crippen molar-refractivity contribution in [2.24, 2.45) is 23.7 Å². The zero-order valence-corrected chi connectivity index (χ0v) is 15.5. The molecule has 5 heteroatoms. The molecule has 0 heterocycles. The van der Waals surface area contributed by atoms with Gasteiger partial charge in [0.15, 0.2) is 0 Å². The van der Waals surface area contributed by atoms with Crippen molar-refractivity contribution in [3.63, 3.8) is 0 Å². The summed E-state index contributed by atoms with van der Waals surface area (Å²) in [5, 5.41) is 0. The van der Waals surface area contributed by atoms with Gasteiger partial charge in [-0.25, -0.2) is 0 Å². The van der Waals surface area contributed by atoms with Gasteiger partial charge in [0, 0.05) is 0 Å². The van der Waals surface area contributed by atoms with E-state index in [0.29, 0.717) is 6.23 Å². The molecule has 2 rings (SSSR count). The van der Waals surface area contributed by atoms with Gasteiger partial charge in [-0.05, 0) is 39.0 Å². The highest BCUT2D eigenvalue weighted by Crippen LogP contribution is 2.49. The van der Waals surface area contributed by atoms with Gasteiger partial charge in [0.1, 0.15) is 5.60 Å². The lowest BCUT2D eigenvalue weighted by Crippen LogP contribution is -2.40. The molecule has 0 radical (unpaired) electrons. The van der Waals surface area contributed by atoms with Crippen molar-refractivity contribution in [2.45, 2.75) is 52.4 Å². The van der Waals surface area contributed by atoms with Crippen LogP contribution in [0.15, 0.2) is 12.2 Å². The molecule has 0 spiro atoms. The molecule has 0 saturated heterocycles. The zero-order chi connectivity index (χ0) is 16.7. The maximum absolute atomic E-state index is 12.5. The Morgan fingerprint density at radius 1 is 1.05 bits per heavy atom. The van der Waals surface area contributed by atoms with Gasteiger partial charge in [0.2, 0.25) is 0 Å². The smallest absolute Gasteiger partial charge is 0.310 e. The number of hydrogen-bond acceptors (Lipinski definition) is 4. The van der Waals surface area contributed by atoms with E-state index in [1.165, 1.54) is 0 Å². The molecule has 2 bridgehead atoms. The van der Waals surface area contributed by atoms with Crippen LogP contribution < -0.4 is 0 Å². The van der Waals surface area contributed by atoms with E-state index in [0.717, 1.165) is 6.42 Å². The first-order valence-electron chi connectivity index (χ1n) is 8.06. The highest BCUT2D eigenvalue weighted by molar-refractivity contribution is 6.76. The highest BCUT2D eigenvalue weighted by atomic mass is 28.3. The molecular formula is C17H28O4Si. The van der Waals surface area contributed by atoms with Crippen molar-refractivity contribution < 1.29 is 19.1 Å². The van der Waals surface area contributed by atoms with Crippen LogP contribution in [0.3, 0.4) is 0 Å². The van der Waals surface area contributed by atoms with Crippen molar-refractivity contribution in [1.29, 1.82) is 0 Å². The molecule has 0 aromatic rings. The molecule has 22 heavy (non-hydrogen) atoms. The molecule has 4 nitrogen and oxygen atoms in total. The Kier molecular flexibility index (Phi) is 4.58. The van der Waals surface area contributed by atoms with Crippen molar-refractivity contribution in [2.75, 3.05) is 6.23 Å². The van der Waals surface area contributed by atoms with Crippen LogP contribution in [-0.2, 0) is 19.1 Å². The number of rotatable bonds is 4. The fraction of sp³-hybridized carbons (Fsp3) is 0.765. The van der Waals surface area contributed by atoms with Gasteiger partial charge in [-0.15, -0.1) is 0 Å². The number of carbonyl (C=O) groups excluding carboxylic acids is 2. The maximum atomic E-state index is 12.5. The van der Waals surface area contributed by atoms with Crippen molar-refractivity contribution in [3.8, 4) is 0 Å². The highest BCUT2D eigenvalue weighted by Gasteiger charge is 2.53. The number of carbonyl (C=O) groups is 2. The van der Waals surface area contributed by atoms with E-state index in [-0.39, 0.29) is 35.6 Å². The SMILES string of the molecule is CC(C)(C)OC(=O)C1C2C=CC(C2)C1C(=O)OC[Si](C)(C)C. The second-order valence-corrected chi connectivity index (χ2v) is 14.1. The van der Waals surface area contributed by atoms with E-state index < -0.39 is 13.7 Å². The van der Waals surface area contributed by atoms with E-state index in [4.69, 9.17) is 9.47 Å². The molecule has 0 aromatic carbocycles. The second kappa shape index (κ2) is 5.83. The van der Waals surface area contributed by atoms with Gasteiger partial charge in [0.05, 0.1) is 26.1 Å². The summed E-state index contributed by atoms with van der Waals surface area (Å²) in [5.74, 6) is -1.01. The summed E-state index contributed by atoms with van der Waals surface area (Å²) in [4.78, 5) is 25.0. The minimum absolute atomic E-state index is 0.115. The van der Waals surface area contributed by atoms with E-state index in [9.17, 15) is 9.59 Å². The number of fused-ring (bicyclic) bond motifs is 2. The molecule has 2 aliphatic rings. The summed E-state index contributed by atoms with van der Waals surface area (Å²) in [6, 6.07) is 0. The molecule has 0 amide bonds. The van der Waals surface area contributed by atoms with Crippen LogP contribution in [0.1, 0.15) is 27.2 Å². The summed E-state index contributed by atoms with van der Waals surface area (Å²) >= 11 is 0. The maximum Gasteiger partial charge on any atom is 0.310 e. The number of hydrogen-bond donors (Lipinski definition) is 0. The predicted octanol–water partition coefficient (Wildman–Crippen LogP) is 3.19. The molecular weight excluding hydrogens is 296 g/mol. The van der Waals surface area contributed by atoms with Gasteiger partial charge < -0.3 is 9.47 Å². The topological polar surface area (TPSA) is 52.6 Å². The molecule has 1 fully saturated rings. The number of ether oxygens (including phenoxy) is 2. The first kappa shape index (κ1) is 17.3. The summed E-state index contributed by atoms with van der Waals surface area (Å²) in [5.41, 5.74) is -0.532. The Balaban J connectivity index is 2.09. The van der Waals surface area contributed by atoms with E-state index in [1.54, 1.807) is 0 Å². The zero-order valence-electron chi connectivity index (χ0n) is 14.5. The van der Waals surface area contributed by atoms with Crippen LogP contribution in [0.5, 0.6) is 0 Å². The van der Waals surface area contributed by atoms with E-state index in [1.807, 2.05) is 20.8 Å². The Hall–Kier alpha value is -1.10.